The van der Waals surface area contributed by atoms with E-state index in [4.69, 9.17) is 14.2 Å². The highest BCUT2D eigenvalue weighted by Crippen LogP contribution is 2.32. The maximum atomic E-state index is 12.5. The molecule has 152 valence electrons. The van der Waals surface area contributed by atoms with Crippen LogP contribution in [0.25, 0.3) is 0 Å². The quantitative estimate of drug-likeness (QED) is 0.721. The van der Waals surface area contributed by atoms with Crippen molar-refractivity contribution in [2.24, 2.45) is 0 Å². The molecular formula is C21H22N2O6. The molecule has 1 N–H and O–H groups in total. The minimum atomic E-state index is -0.310. The summed E-state index contributed by atoms with van der Waals surface area (Å²) in [6, 6.07) is 9.94. The molecule has 0 saturated carbocycles. The van der Waals surface area contributed by atoms with Gasteiger partial charge in [0.15, 0.2) is 12.4 Å². The first-order chi connectivity index (χ1) is 13.9. The van der Waals surface area contributed by atoms with Gasteiger partial charge in [0.2, 0.25) is 5.91 Å². The van der Waals surface area contributed by atoms with Crippen LogP contribution in [-0.4, -0.2) is 45.5 Å². The summed E-state index contributed by atoms with van der Waals surface area (Å²) in [4.78, 5) is 38.0. The van der Waals surface area contributed by atoms with Gasteiger partial charge >= 0.3 is 0 Å². The number of ketones is 1. The lowest BCUT2D eigenvalue weighted by molar-refractivity contribution is -0.121. The molecule has 0 unspecified atom stereocenters. The molecule has 8 heteroatoms. The Morgan fingerprint density at radius 2 is 1.90 bits per heavy atom. The fourth-order valence-corrected chi connectivity index (χ4v) is 2.93. The third-order valence-electron chi connectivity index (χ3n) is 4.63. The fraction of sp³-hybridized carbons (Fsp3) is 0.286. The Labute approximate surface area is 168 Å². The van der Waals surface area contributed by atoms with E-state index in [1.807, 2.05) is 0 Å². The number of carbonyl (C=O) groups is 3. The first kappa shape index (κ1) is 20.2. The number of rotatable bonds is 7. The summed E-state index contributed by atoms with van der Waals surface area (Å²) >= 11 is 0. The lowest BCUT2D eigenvalue weighted by atomic mass is 10.0. The minimum Gasteiger partial charge on any atom is -0.497 e. The van der Waals surface area contributed by atoms with Crippen molar-refractivity contribution in [3.8, 4) is 17.2 Å². The Bertz CT molecular complexity index is 956. The van der Waals surface area contributed by atoms with Crippen LogP contribution in [-0.2, 0) is 9.59 Å². The van der Waals surface area contributed by atoms with Gasteiger partial charge in [-0.1, -0.05) is 0 Å². The molecular weight excluding hydrogens is 376 g/mol. The number of carbonyl (C=O) groups excluding carboxylic acids is 3. The topological polar surface area (TPSA) is 94.2 Å². The molecule has 0 bridgehead atoms. The van der Waals surface area contributed by atoms with Gasteiger partial charge < -0.3 is 24.4 Å². The van der Waals surface area contributed by atoms with Crippen LogP contribution in [0.4, 0.5) is 11.4 Å². The molecule has 0 aliphatic carbocycles. The van der Waals surface area contributed by atoms with Crippen LogP contribution in [0.1, 0.15) is 23.2 Å². The normalized spacial score (nSPS) is 12.7. The highest BCUT2D eigenvalue weighted by molar-refractivity contribution is 6.03. The third kappa shape index (κ3) is 4.48. The van der Waals surface area contributed by atoms with E-state index in [2.05, 4.69) is 5.32 Å². The average molecular weight is 398 g/mol. The number of hydrogen-bond acceptors (Lipinski definition) is 6. The Morgan fingerprint density at radius 1 is 1.10 bits per heavy atom. The van der Waals surface area contributed by atoms with Gasteiger partial charge in [-0.15, -0.1) is 0 Å². The number of anilines is 2. The van der Waals surface area contributed by atoms with E-state index in [1.165, 1.54) is 12.0 Å². The van der Waals surface area contributed by atoms with Crippen LogP contribution in [0, 0.1) is 0 Å². The lowest BCUT2D eigenvalue weighted by Gasteiger charge is -2.26. The first-order valence-electron chi connectivity index (χ1n) is 9.01. The number of amides is 2. The molecule has 2 aromatic rings. The van der Waals surface area contributed by atoms with Gasteiger partial charge in [0.25, 0.3) is 5.91 Å². The summed E-state index contributed by atoms with van der Waals surface area (Å²) in [5, 5.41) is 2.74. The summed E-state index contributed by atoms with van der Waals surface area (Å²) in [5.74, 6) is 0.927. The number of nitrogens with zero attached hydrogens (tertiary/aromatic N) is 1. The molecule has 1 heterocycles. The standard InChI is InChI=1S/C21H22N2O6/c1-23-16-10-13(4-8-18(16)29-12-21(23)26)17(24)7-9-20(25)22-15-6-5-14(27-2)11-19(15)28-3/h4-6,8,10-11H,7,9,12H2,1-3H3,(H,22,25). The van der Waals surface area contributed by atoms with E-state index >= 15 is 0 Å². The number of ether oxygens (including phenoxy) is 3. The van der Waals surface area contributed by atoms with E-state index in [0.29, 0.717) is 34.2 Å². The maximum Gasteiger partial charge on any atom is 0.264 e. The predicted molar refractivity (Wildman–Crippen MR) is 107 cm³/mol. The molecule has 1 aliphatic rings. The summed E-state index contributed by atoms with van der Waals surface area (Å²) in [6.45, 7) is -0.0220. The molecule has 2 amide bonds. The lowest BCUT2D eigenvalue weighted by Crippen LogP contribution is -2.35. The highest BCUT2D eigenvalue weighted by atomic mass is 16.5. The van der Waals surface area contributed by atoms with Crippen LogP contribution < -0.4 is 24.4 Å². The predicted octanol–water partition coefficient (Wildman–Crippen LogP) is 2.66. The van der Waals surface area contributed by atoms with E-state index < -0.39 is 0 Å². The molecule has 0 saturated heterocycles. The third-order valence-corrected chi connectivity index (χ3v) is 4.63. The second-order valence-electron chi connectivity index (χ2n) is 6.46. The van der Waals surface area contributed by atoms with Crippen LogP contribution in [0.3, 0.4) is 0 Å². The number of methoxy groups -OCH3 is 2. The first-order valence-corrected chi connectivity index (χ1v) is 9.01. The smallest absolute Gasteiger partial charge is 0.264 e. The summed E-state index contributed by atoms with van der Waals surface area (Å²) in [7, 11) is 4.67. The van der Waals surface area contributed by atoms with Gasteiger partial charge in [0.05, 0.1) is 25.6 Å². The Hall–Kier alpha value is -3.55. The Morgan fingerprint density at radius 3 is 2.62 bits per heavy atom. The van der Waals surface area contributed by atoms with Gasteiger partial charge in [-0.05, 0) is 30.3 Å². The summed E-state index contributed by atoms with van der Waals surface area (Å²) in [6.07, 6.45) is 0.0397. The number of likely N-dealkylation sites (N-methyl/N-ethyl adjacent to an activating group) is 1. The van der Waals surface area contributed by atoms with Crippen LogP contribution >= 0.6 is 0 Å². The molecule has 0 atom stereocenters. The van der Waals surface area contributed by atoms with E-state index in [9.17, 15) is 14.4 Å². The number of fused-ring (bicyclic) bond motifs is 1. The minimum absolute atomic E-state index is 0.0103. The average Bonchev–Trinajstić information content (AvgIpc) is 2.74. The van der Waals surface area contributed by atoms with Crippen molar-refractivity contribution in [1.82, 2.24) is 0 Å². The van der Waals surface area contributed by atoms with Crippen LogP contribution in [0.15, 0.2) is 36.4 Å². The molecule has 0 fully saturated rings. The van der Waals surface area contributed by atoms with Crippen molar-refractivity contribution in [1.29, 1.82) is 0 Å². The zero-order valence-corrected chi connectivity index (χ0v) is 16.5. The fourth-order valence-electron chi connectivity index (χ4n) is 2.93. The number of nitrogens with one attached hydrogen (secondary N) is 1. The Balaban J connectivity index is 1.62. The van der Waals surface area contributed by atoms with Gasteiger partial charge in [-0.3, -0.25) is 14.4 Å². The molecule has 0 spiro atoms. The monoisotopic (exact) mass is 398 g/mol. The van der Waals surface area contributed by atoms with Gasteiger partial charge in [-0.2, -0.15) is 0 Å². The van der Waals surface area contributed by atoms with Crippen molar-refractivity contribution in [3.63, 3.8) is 0 Å². The second kappa shape index (κ2) is 8.64. The number of benzene rings is 2. The van der Waals surface area contributed by atoms with Crippen molar-refractivity contribution in [2.75, 3.05) is 38.1 Å². The highest BCUT2D eigenvalue weighted by Gasteiger charge is 2.23. The van der Waals surface area contributed by atoms with Gasteiger partial charge in [0, 0.05) is 31.5 Å². The SMILES string of the molecule is COc1ccc(NC(=O)CCC(=O)c2ccc3c(c2)N(C)C(=O)CO3)c(OC)c1. The van der Waals surface area contributed by atoms with Crippen molar-refractivity contribution in [2.45, 2.75) is 12.8 Å². The van der Waals surface area contributed by atoms with Gasteiger partial charge in [0.1, 0.15) is 17.2 Å². The summed E-state index contributed by atoms with van der Waals surface area (Å²) in [5.41, 5.74) is 1.46. The zero-order valence-electron chi connectivity index (χ0n) is 16.5. The second-order valence-corrected chi connectivity index (χ2v) is 6.46. The van der Waals surface area contributed by atoms with Crippen molar-refractivity contribution < 1.29 is 28.6 Å². The van der Waals surface area contributed by atoms with E-state index in [0.717, 1.165) is 0 Å². The molecule has 2 aromatic carbocycles. The number of Topliss-reactive ketones (excluding diaryl/α,β-unsaturated/α-hetero) is 1. The summed E-state index contributed by atoms with van der Waals surface area (Å²) < 4.78 is 15.7. The van der Waals surface area contributed by atoms with E-state index in [1.54, 1.807) is 50.6 Å². The molecule has 0 aromatic heterocycles. The molecule has 8 nitrogen and oxygen atoms in total. The molecule has 0 radical (unpaired) electrons. The van der Waals surface area contributed by atoms with Crippen molar-refractivity contribution in [3.05, 3.63) is 42.0 Å². The van der Waals surface area contributed by atoms with E-state index in [-0.39, 0.29) is 37.0 Å². The molecule has 29 heavy (non-hydrogen) atoms. The van der Waals surface area contributed by atoms with Gasteiger partial charge in [-0.25, -0.2) is 0 Å². The molecule has 3 rings (SSSR count). The van der Waals surface area contributed by atoms with Crippen LogP contribution in [0.5, 0.6) is 17.2 Å². The van der Waals surface area contributed by atoms with Crippen molar-refractivity contribution >= 4 is 29.0 Å². The maximum absolute atomic E-state index is 12.5. The Kier molecular flexibility index (Phi) is 6.01. The largest absolute Gasteiger partial charge is 0.497 e. The molecule has 1 aliphatic heterocycles. The zero-order chi connectivity index (χ0) is 21.0. The van der Waals surface area contributed by atoms with Crippen LogP contribution in [0.2, 0.25) is 0 Å². The number of hydrogen-bond donors (Lipinski definition) is 1.